The van der Waals surface area contributed by atoms with Crippen LogP contribution in [0.5, 0.6) is 0 Å². The molecule has 0 unspecified atom stereocenters. The van der Waals surface area contributed by atoms with Crippen molar-refractivity contribution in [3.05, 3.63) is 0 Å². The van der Waals surface area contributed by atoms with Gasteiger partial charge >= 0.3 is 6.03 Å². The highest BCUT2D eigenvalue weighted by atomic mass is 16.5. The summed E-state index contributed by atoms with van der Waals surface area (Å²) in [4.78, 5) is 11.4. The Morgan fingerprint density at radius 2 is 2.06 bits per heavy atom. The number of aliphatic hydroxyl groups is 1. The third-order valence-electron chi connectivity index (χ3n) is 2.68. The number of amides is 2. The van der Waals surface area contributed by atoms with Crippen molar-refractivity contribution in [3.63, 3.8) is 0 Å². The lowest BCUT2D eigenvalue weighted by Gasteiger charge is -2.12. The van der Waals surface area contributed by atoms with Crippen molar-refractivity contribution < 1.29 is 14.6 Å². The first-order valence-electron chi connectivity index (χ1n) is 6.06. The van der Waals surface area contributed by atoms with E-state index in [0.717, 1.165) is 19.3 Å². The number of aliphatic hydroxyl groups excluding tert-OH is 1. The third-order valence-corrected chi connectivity index (χ3v) is 2.68. The maximum atomic E-state index is 11.4. The molecule has 0 saturated heterocycles. The van der Waals surface area contributed by atoms with E-state index in [1.165, 1.54) is 12.8 Å². The van der Waals surface area contributed by atoms with Crippen LogP contribution in [0.4, 0.5) is 4.79 Å². The van der Waals surface area contributed by atoms with Gasteiger partial charge in [0.05, 0.1) is 13.2 Å². The molecular weight excluding hydrogens is 208 g/mol. The molecular formula is C11H22N2O3. The van der Waals surface area contributed by atoms with Crippen LogP contribution in [-0.2, 0) is 4.74 Å². The minimum absolute atomic E-state index is 0.0512. The van der Waals surface area contributed by atoms with Crippen molar-refractivity contribution >= 4 is 6.03 Å². The van der Waals surface area contributed by atoms with Crippen LogP contribution in [0.25, 0.3) is 0 Å². The molecule has 5 heteroatoms. The van der Waals surface area contributed by atoms with Gasteiger partial charge in [-0.05, 0) is 19.3 Å². The van der Waals surface area contributed by atoms with E-state index >= 15 is 0 Å². The topological polar surface area (TPSA) is 70.6 Å². The van der Waals surface area contributed by atoms with E-state index in [2.05, 4.69) is 10.6 Å². The molecule has 0 bridgehead atoms. The summed E-state index contributed by atoms with van der Waals surface area (Å²) in [7, 11) is 0. The lowest BCUT2D eigenvalue weighted by molar-refractivity contribution is 0.0909. The monoisotopic (exact) mass is 230 g/mol. The highest BCUT2D eigenvalue weighted by Crippen LogP contribution is 2.17. The molecule has 0 spiro atoms. The van der Waals surface area contributed by atoms with Crippen molar-refractivity contribution in [2.75, 3.05) is 26.4 Å². The normalized spacial score (nSPS) is 16.3. The van der Waals surface area contributed by atoms with Crippen LogP contribution in [0, 0.1) is 0 Å². The maximum absolute atomic E-state index is 11.4. The van der Waals surface area contributed by atoms with Gasteiger partial charge in [-0.1, -0.05) is 12.8 Å². The summed E-state index contributed by atoms with van der Waals surface area (Å²) in [6.07, 6.45) is 5.43. The van der Waals surface area contributed by atoms with E-state index in [-0.39, 0.29) is 12.6 Å². The Bertz CT molecular complexity index is 194. The standard InChI is InChI=1S/C11H22N2O3/c14-7-9-16-8-3-6-12-11(15)13-10-4-1-2-5-10/h10,14H,1-9H2,(H2,12,13,15). The molecule has 0 aromatic carbocycles. The predicted octanol–water partition coefficient (Wildman–Crippen LogP) is 0.627. The van der Waals surface area contributed by atoms with Crippen LogP contribution >= 0.6 is 0 Å². The van der Waals surface area contributed by atoms with Gasteiger partial charge in [0, 0.05) is 19.2 Å². The highest BCUT2D eigenvalue weighted by Gasteiger charge is 2.16. The van der Waals surface area contributed by atoms with Crippen molar-refractivity contribution in [2.45, 2.75) is 38.1 Å². The van der Waals surface area contributed by atoms with E-state index in [9.17, 15) is 4.79 Å². The number of ether oxygens (including phenoxy) is 1. The van der Waals surface area contributed by atoms with Crippen molar-refractivity contribution in [1.82, 2.24) is 10.6 Å². The van der Waals surface area contributed by atoms with Gasteiger partial charge in [-0.25, -0.2) is 4.79 Å². The molecule has 0 atom stereocenters. The minimum Gasteiger partial charge on any atom is -0.394 e. The molecule has 0 aromatic rings. The third kappa shape index (κ3) is 5.92. The Balaban J connectivity index is 1.89. The van der Waals surface area contributed by atoms with Crippen molar-refractivity contribution in [2.24, 2.45) is 0 Å². The largest absolute Gasteiger partial charge is 0.394 e. The Kier molecular flexibility index (Phi) is 6.92. The van der Waals surface area contributed by atoms with Crippen LogP contribution in [0.2, 0.25) is 0 Å². The minimum atomic E-state index is -0.0749. The van der Waals surface area contributed by atoms with E-state index in [1.807, 2.05) is 0 Å². The summed E-state index contributed by atoms with van der Waals surface area (Å²) in [5, 5.41) is 14.2. The summed E-state index contributed by atoms with van der Waals surface area (Å²) >= 11 is 0. The number of hydrogen-bond donors (Lipinski definition) is 3. The molecule has 5 nitrogen and oxygen atoms in total. The molecule has 0 radical (unpaired) electrons. The summed E-state index contributed by atoms with van der Waals surface area (Å²) in [6, 6.07) is 0.291. The Hall–Kier alpha value is -0.810. The van der Waals surface area contributed by atoms with Crippen LogP contribution in [0.1, 0.15) is 32.1 Å². The zero-order valence-corrected chi connectivity index (χ0v) is 9.71. The lowest BCUT2D eigenvalue weighted by Crippen LogP contribution is -2.41. The fraction of sp³-hybridized carbons (Fsp3) is 0.909. The molecule has 16 heavy (non-hydrogen) atoms. The number of rotatable bonds is 7. The molecule has 1 rings (SSSR count). The molecule has 0 heterocycles. The quantitative estimate of drug-likeness (QED) is 0.562. The number of nitrogens with one attached hydrogen (secondary N) is 2. The number of carbonyl (C=O) groups is 1. The van der Waals surface area contributed by atoms with Crippen LogP contribution in [0.15, 0.2) is 0 Å². The van der Waals surface area contributed by atoms with Crippen LogP contribution in [0.3, 0.4) is 0 Å². The first kappa shape index (κ1) is 13.3. The fourth-order valence-electron chi connectivity index (χ4n) is 1.85. The lowest BCUT2D eigenvalue weighted by atomic mass is 10.2. The first-order chi connectivity index (χ1) is 7.83. The predicted molar refractivity (Wildman–Crippen MR) is 61.3 cm³/mol. The molecule has 1 aliphatic carbocycles. The molecule has 1 aliphatic rings. The summed E-state index contributed by atoms with van der Waals surface area (Å²) in [5.74, 6) is 0. The smallest absolute Gasteiger partial charge is 0.315 e. The average Bonchev–Trinajstić information content (AvgIpc) is 2.76. The van der Waals surface area contributed by atoms with Crippen LogP contribution in [-0.4, -0.2) is 43.5 Å². The average molecular weight is 230 g/mol. The highest BCUT2D eigenvalue weighted by molar-refractivity contribution is 5.74. The van der Waals surface area contributed by atoms with Gasteiger partial charge in [-0.15, -0.1) is 0 Å². The van der Waals surface area contributed by atoms with E-state index < -0.39 is 0 Å². The molecule has 0 aromatic heterocycles. The summed E-state index contributed by atoms with van der Waals surface area (Å²) < 4.78 is 5.08. The first-order valence-corrected chi connectivity index (χ1v) is 6.06. The molecule has 1 saturated carbocycles. The van der Waals surface area contributed by atoms with Gasteiger partial charge in [0.1, 0.15) is 0 Å². The Labute approximate surface area is 96.6 Å². The van der Waals surface area contributed by atoms with E-state index in [1.54, 1.807) is 0 Å². The molecule has 1 fully saturated rings. The van der Waals surface area contributed by atoms with Gasteiger partial charge < -0.3 is 20.5 Å². The van der Waals surface area contributed by atoms with E-state index in [4.69, 9.17) is 9.84 Å². The molecule has 3 N–H and O–H groups in total. The second-order valence-electron chi connectivity index (χ2n) is 4.07. The maximum Gasteiger partial charge on any atom is 0.315 e. The second-order valence-corrected chi connectivity index (χ2v) is 4.07. The van der Waals surface area contributed by atoms with Gasteiger partial charge in [0.2, 0.25) is 0 Å². The molecule has 0 aliphatic heterocycles. The number of hydrogen-bond acceptors (Lipinski definition) is 3. The van der Waals surface area contributed by atoms with Gasteiger partial charge in [-0.2, -0.15) is 0 Å². The van der Waals surface area contributed by atoms with Crippen molar-refractivity contribution in [3.8, 4) is 0 Å². The van der Waals surface area contributed by atoms with E-state index in [0.29, 0.717) is 25.8 Å². The van der Waals surface area contributed by atoms with Crippen LogP contribution < -0.4 is 10.6 Å². The van der Waals surface area contributed by atoms with Gasteiger partial charge in [0.15, 0.2) is 0 Å². The van der Waals surface area contributed by atoms with Crippen molar-refractivity contribution in [1.29, 1.82) is 0 Å². The zero-order chi connectivity index (χ0) is 11.6. The SMILES string of the molecule is O=C(NCCCOCCO)NC1CCCC1. The second kappa shape index (κ2) is 8.35. The summed E-state index contributed by atoms with van der Waals surface area (Å²) in [6.45, 7) is 1.61. The summed E-state index contributed by atoms with van der Waals surface area (Å²) in [5.41, 5.74) is 0. The van der Waals surface area contributed by atoms with Gasteiger partial charge in [0.25, 0.3) is 0 Å². The zero-order valence-electron chi connectivity index (χ0n) is 9.71. The Morgan fingerprint density at radius 1 is 1.31 bits per heavy atom. The number of carbonyl (C=O) groups excluding carboxylic acids is 1. The Morgan fingerprint density at radius 3 is 2.75 bits per heavy atom. The molecule has 2 amide bonds. The van der Waals surface area contributed by atoms with Gasteiger partial charge in [-0.3, -0.25) is 0 Å². The fourth-order valence-corrected chi connectivity index (χ4v) is 1.85. The molecule has 94 valence electrons. The number of urea groups is 1.